The van der Waals surface area contributed by atoms with Gasteiger partial charge in [-0.1, -0.05) is 44.4 Å². The third kappa shape index (κ3) is 3.90. The number of rotatable bonds is 3. The van der Waals surface area contributed by atoms with E-state index in [-0.39, 0.29) is 17.3 Å². The number of fused-ring (bicyclic) bond motifs is 1. The Morgan fingerprint density at radius 1 is 1.24 bits per heavy atom. The zero-order valence-electron chi connectivity index (χ0n) is 14.3. The first-order chi connectivity index (χ1) is 12.1. The molecule has 0 bridgehead atoms. The van der Waals surface area contributed by atoms with Crippen molar-refractivity contribution in [2.75, 3.05) is 5.73 Å². The SMILES string of the molecule is C[C@H](C(=O)ONC(=O)c1cc2ccccc2nc1N)C1CCCCC1. The van der Waals surface area contributed by atoms with Crippen LogP contribution in [0.5, 0.6) is 0 Å². The molecule has 0 spiro atoms. The van der Waals surface area contributed by atoms with Crippen LogP contribution in [0.15, 0.2) is 30.3 Å². The Kier molecular flexibility index (Phi) is 5.16. The minimum Gasteiger partial charge on any atom is -0.383 e. The molecule has 1 saturated carbocycles. The molecule has 1 heterocycles. The molecule has 25 heavy (non-hydrogen) atoms. The van der Waals surface area contributed by atoms with Gasteiger partial charge in [0.05, 0.1) is 17.0 Å². The first-order valence-corrected chi connectivity index (χ1v) is 8.72. The third-order valence-corrected chi connectivity index (χ3v) is 4.97. The summed E-state index contributed by atoms with van der Waals surface area (Å²) in [6, 6.07) is 9.01. The summed E-state index contributed by atoms with van der Waals surface area (Å²) in [4.78, 5) is 33.7. The summed E-state index contributed by atoms with van der Waals surface area (Å²) in [6.45, 7) is 1.86. The van der Waals surface area contributed by atoms with E-state index >= 15 is 0 Å². The number of nitrogens with one attached hydrogen (secondary N) is 1. The molecule has 1 atom stereocenters. The molecule has 2 aromatic rings. The highest BCUT2D eigenvalue weighted by atomic mass is 16.7. The highest BCUT2D eigenvalue weighted by Crippen LogP contribution is 2.30. The van der Waals surface area contributed by atoms with Gasteiger partial charge in [-0.15, -0.1) is 0 Å². The smallest absolute Gasteiger partial charge is 0.335 e. The molecule has 0 unspecified atom stereocenters. The van der Waals surface area contributed by atoms with Crippen LogP contribution in [-0.4, -0.2) is 16.9 Å². The second kappa shape index (κ2) is 7.51. The van der Waals surface area contributed by atoms with Crippen molar-refractivity contribution in [3.63, 3.8) is 0 Å². The van der Waals surface area contributed by atoms with Crippen molar-refractivity contribution in [3.8, 4) is 0 Å². The molecule has 0 saturated heterocycles. The lowest BCUT2D eigenvalue weighted by Gasteiger charge is -2.25. The number of carbonyl (C=O) groups is 2. The summed E-state index contributed by atoms with van der Waals surface area (Å²) < 4.78 is 0. The molecule has 1 aromatic heterocycles. The summed E-state index contributed by atoms with van der Waals surface area (Å²) in [5.74, 6) is -0.779. The van der Waals surface area contributed by atoms with Gasteiger partial charge >= 0.3 is 5.97 Å². The number of amides is 1. The number of hydrogen-bond donors (Lipinski definition) is 2. The van der Waals surface area contributed by atoms with E-state index in [0.717, 1.165) is 31.1 Å². The Labute approximate surface area is 146 Å². The Balaban J connectivity index is 1.64. The highest BCUT2D eigenvalue weighted by molar-refractivity contribution is 6.01. The molecule has 6 heteroatoms. The number of nitrogens with two attached hydrogens (primary N) is 1. The van der Waals surface area contributed by atoms with Gasteiger partial charge in [-0.3, -0.25) is 4.79 Å². The Morgan fingerprint density at radius 2 is 1.96 bits per heavy atom. The molecule has 1 aromatic carbocycles. The van der Waals surface area contributed by atoms with Gasteiger partial charge in [0, 0.05) is 5.39 Å². The lowest BCUT2D eigenvalue weighted by Crippen LogP contribution is -2.33. The van der Waals surface area contributed by atoms with E-state index < -0.39 is 11.9 Å². The lowest BCUT2D eigenvalue weighted by molar-refractivity contribution is -0.155. The van der Waals surface area contributed by atoms with Crippen LogP contribution in [0.4, 0.5) is 5.82 Å². The monoisotopic (exact) mass is 341 g/mol. The van der Waals surface area contributed by atoms with Crippen molar-refractivity contribution in [1.82, 2.24) is 10.5 Å². The Morgan fingerprint density at radius 3 is 2.72 bits per heavy atom. The maximum atomic E-state index is 12.3. The number of carbonyl (C=O) groups excluding carboxylic acids is 2. The standard InChI is InChI=1S/C19H23N3O3/c1-12(13-7-3-2-4-8-13)19(24)25-22-18(23)15-11-14-9-5-6-10-16(14)21-17(15)20/h5-6,9-13H,2-4,7-8H2,1H3,(H2,20,21)(H,22,23)/t12-/m0/s1. The molecule has 6 nitrogen and oxygen atoms in total. The minimum atomic E-state index is -0.569. The van der Waals surface area contributed by atoms with Crippen molar-refractivity contribution < 1.29 is 14.4 Å². The third-order valence-electron chi connectivity index (χ3n) is 4.97. The number of benzene rings is 1. The van der Waals surface area contributed by atoms with Gasteiger partial charge in [-0.05, 0) is 30.9 Å². The fourth-order valence-corrected chi connectivity index (χ4v) is 3.38. The molecule has 3 rings (SSSR count). The largest absolute Gasteiger partial charge is 0.383 e. The average Bonchev–Trinajstić information content (AvgIpc) is 2.65. The maximum Gasteiger partial charge on any atom is 0.335 e. The van der Waals surface area contributed by atoms with Crippen molar-refractivity contribution in [1.29, 1.82) is 0 Å². The number of pyridine rings is 1. The number of hydrogen-bond acceptors (Lipinski definition) is 5. The fraction of sp³-hybridized carbons (Fsp3) is 0.421. The van der Waals surface area contributed by atoms with Crippen LogP contribution in [0.3, 0.4) is 0 Å². The van der Waals surface area contributed by atoms with E-state index in [1.54, 1.807) is 6.07 Å². The second-order valence-electron chi connectivity index (χ2n) is 6.65. The van der Waals surface area contributed by atoms with Crippen molar-refractivity contribution in [3.05, 3.63) is 35.9 Å². The molecule has 3 N–H and O–H groups in total. The Bertz CT molecular complexity index is 785. The summed E-state index contributed by atoms with van der Waals surface area (Å²) in [5, 5.41) is 0.795. The van der Waals surface area contributed by atoms with Gasteiger partial charge in [0.25, 0.3) is 5.91 Å². The molecule has 1 aliphatic rings. The van der Waals surface area contributed by atoms with Crippen LogP contribution in [0.1, 0.15) is 49.4 Å². The van der Waals surface area contributed by atoms with Crippen molar-refractivity contribution >= 4 is 28.6 Å². The molecule has 0 radical (unpaired) electrons. The van der Waals surface area contributed by atoms with Crippen LogP contribution < -0.4 is 11.2 Å². The predicted octanol–water partition coefficient (Wildman–Crippen LogP) is 3.22. The number of aromatic nitrogens is 1. The molecule has 132 valence electrons. The molecule has 1 aliphatic carbocycles. The van der Waals surface area contributed by atoms with Crippen LogP contribution in [0, 0.1) is 11.8 Å². The highest BCUT2D eigenvalue weighted by Gasteiger charge is 2.27. The number of para-hydroxylation sites is 1. The average molecular weight is 341 g/mol. The topological polar surface area (TPSA) is 94.3 Å². The van der Waals surface area contributed by atoms with Gasteiger partial charge in [-0.2, -0.15) is 5.48 Å². The molecule has 0 aliphatic heterocycles. The maximum absolute atomic E-state index is 12.3. The number of nitrogen functional groups attached to an aromatic ring is 1. The van der Waals surface area contributed by atoms with E-state index in [1.807, 2.05) is 31.2 Å². The van der Waals surface area contributed by atoms with Crippen LogP contribution in [0.25, 0.3) is 10.9 Å². The van der Waals surface area contributed by atoms with E-state index in [2.05, 4.69) is 10.5 Å². The fourth-order valence-electron chi connectivity index (χ4n) is 3.38. The minimum absolute atomic E-state index is 0.104. The number of nitrogens with zero attached hydrogens (tertiary/aromatic N) is 1. The van der Waals surface area contributed by atoms with Crippen molar-refractivity contribution in [2.45, 2.75) is 39.0 Å². The van der Waals surface area contributed by atoms with Gasteiger partial charge in [0.2, 0.25) is 0 Å². The van der Waals surface area contributed by atoms with Crippen molar-refractivity contribution in [2.24, 2.45) is 11.8 Å². The number of anilines is 1. The lowest BCUT2D eigenvalue weighted by atomic mass is 9.81. The Hall–Kier alpha value is -2.63. The van der Waals surface area contributed by atoms with E-state index in [0.29, 0.717) is 11.4 Å². The summed E-state index contributed by atoms with van der Waals surface area (Å²) in [7, 11) is 0. The zero-order valence-corrected chi connectivity index (χ0v) is 14.3. The van der Waals surface area contributed by atoms with E-state index in [4.69, 9.17) is 10.6 Å². The summed E-state index contributed by atoms with van der Waals surface area (Å²) in [5.41, 5.74) is 8.97. The molecular formula is C19H23N3O3. The second-order valence-corrected chi connectivity index (χ2v) is 6.65. The molecular weight excluding hydrogens is 318 g/mol. The summed E-state index contributed by atoms with van der Waals surface area (Å²) >= 11 is 0. The van der Waals surface area contributed by atoms with Gasteiger partial charge in [-0.25, -0.2) is 9.78 Å². The van der Waals surface area contributed by atoms with Gasteiger partial charge in [0.15, 0.2) is 0 Å². The first kappa shape index (κ1) is 17.2. The van der Waals surface area contributed by atoms with Gasteiger partial charge in [0.1, 0.15) is 5.82 Å². The van der Waals surface area contributed by atoms with Gasteiger partial charge < -0.3 is 10.6 Å². The summed E-state index contributed by atoms with van der Waals surface area (Å²) in [6.07, 6.45) is 5.59. The normalized spacial score (nSPS) is 16.4. The molecule has 1 fully saturated rings. The predicted molar refractivity (Wildman–Crippen MR) is 95.5 cm³/mol. The van der Waals surface area contributed by atoms with Crippen LogP contribution in [-0.2, 0) is 9.63 Å². The van der Waals surface area contributed by atoms with E-state index in [1.165, 1.54) is 6.42 Å². The number of hydroxylamine groups is 1. The zero-order chi connectivity index (χ0) is 17.8. The van der Waals surface area contributed by atoms with Crippen LogP contribution in [0.2, 0.25) is 0 Å². The molecule has 1 amide bonds. The van der Waals surface area contributed by atoms with E-state index in [9.17, 15) is 9.59 Å². The first-order valence-electron chi connectivity index (χ1n) is 8.72. The van der Waals surface area contributed by atoms with Crippen LogP contribution >= 0.6 is 0 Å². The quantitative estimate of drug-likeness (QED) is 0.836.